The van der Waals surface area contributed by atoms with Gasteiger partial charge >= 0.3 is 12.1 Å². The summed E-state index contributed by atoms with van der Waals surface area (Å²) in [6, 6.07) is 3.44. The molecule has 0 bridgehead atoms. The summed E-state index contributed by atoms with van der Waals surface area (Å²) in [6.07, 6.45) is 1.01. The van der Waals surface area contributed by atoms with E-state index in [-0.39, 0.29) is 23.6 Å². The van der Waals surface area contributed by atoms with Crippen LogP contribution < -0.4 is 5.32 Å². The predicted octanol–water partition coefficient (Wildman–Crippen LogP) is 3.99. The van der Waals surface area contributed by atoms with Crippen molar-refractivity contribution in [2.75, 3.05) is 17.7 Å². The SMILES string of the molecule is CCOC(=O)C(CSC(C)=O)C(C)c1ccc(NC(=O)OC(C)(C)C)nc1. The molecule has 27 heavy (non-hydrogen) atoms. The Hall–Kier alpha value is -2.09. The highest BCUT2D eigenvalue weighted by Gasteiger charge is 2.28. The van der Waals surface area contributed by atoms with Crippen molar-refractivity contribution in [3.63, 3.8) is 0 Å². The van der Waals surface area contributed by atoms with Crippen molar-refractivity contribution in [2.24, 2.45) is 5.92 Å². The normalized spacial score (nSPS) is 13.4. The smallest absolute Gasteiger partial charge is 0.413 e. The minimum Gasteiger partial charge on any atom is -0.466 e. The average molecular weight is 397 g/mol. The summed E-state index contributed by atoms with van der Waals surface area (Å²) in [5.41, 5.74) is 0.215. The highest BCUT2D eigenvalue weighted by atomic mass is 32.2. The fraction of sp³-hybridized carbons (Fsp3) is 0.579. The summed E-state index contributed by atoms with van der Waals surface area (Å²) in [5, 5.41) is 2.51. The van der Waals surface area contributed by atoms with E-state index in [0.717, 1.165) is 17.3 Å². The van der Waals surface area contributed by atoms with Gasteiger partial charge in [0.2, 0.25) is 0 Å². The lowest BCUT2D eigenvalue weighted by Crippen LogP contribution is -2.27. The molecule has 0 aromatic carbocycles. The minimum atomic E-state index is -0.597. The number of carbonyl (C=O) groups is 3. The van der Waals surface area contributed by atoms with Gasteiger partial charge < -0.3 is 9.47 Å². The van der Waals surface area contributed by atoms with Crippen molar-refractivity contribution in [2.45, 2.75) is 53.1 Å². The molecule has 1 heterocycles. The monoisotopic (exact) mass is 396 g/mol. The quantitative estimate of drug-likeness (QED) is 0.696. The number of hydrogen-bond acceptors (Lipinski definition) is 7. The average Bonchev–Trinajstić information content (AvgIpc) is 2.53. The Bertz CT molecular complexity index is 655. The molecule has 1 rings (SSSR count). The molecule has 0 saturated carbocycles. The highest BCUT2D eigenvalue weighted by molar-refractivity contribution is 8.13. The number of rotatable bonds is 7. The molecule has 1 N–H and O–H groups in total. The molecule has 0 radical (unpaired) electrons. The van der Waals surface area contributed by atoms with Crippen LogP contribution in [0, 0.1) is 5.92 Å². The Kier molecular flexibility index (Phi) is 8.75. The van der Waals surface area contributed by atoms with E-state index in [9.17, 15) is 14.4 Å². The second kappa shape index (κ2) is 10.3. The molecule has 0 fully saturated rings. The highest BCUT2D eigenvalue weighted by Crippen LogP contribution is 2.29. The largest absolute Gasteiger partial charge is 0.466 e. The fourth-order valence-electron chi connectivity index (χ4n) is 2.26. The molecule has 1 aromatic heterocycles. The van der Waals surface area contributed by atoms with Gasteiger partial charge in [0.25, 0.3) is 0 Å². The number of nitrogens with zero attached hydrogens (tertiary/aromatic N) is 1. The number of nitrogens with one attached hydrogen (secondary N) is 1. The number of anilines is 1. The second-order valence-corrected chi connectivity index (χ2v) is 8.25. The van der Waals surface area contributed by atoms with Gasteiger partial charge in [-0.05, 0) is 45.2 Å². The summed E-state index contributed by atoms with van der Waals surface area (Å²) in [4.78, 5) is 39.6. The Morgan fingerprint density at radius 2 is 1.93 bits per heavy atom. The number of carbonyl (C=O) groups excluding carboxylic acids is 3. The van der Waals surface area contributed by atoms with E-state index in [0.29, 0.717) is 11.6 Å². The van der Waals surface area contributed by atoms with E-state index in [1.54, 1.807) is 46.0 Å². The molecule has 0 spiro atoms. The lowest BCUT2D eigenvalue weighted by molar-refractivity contribution is -0.147. The van der Waals surface area contributed by atoms with Crippen molar-refractivity contribution in [3.8, 4) is 0 Å². The van der Waals surface area contributed by atoms with Crippen LogP contribution in [-0.2, 0) is 19.1 Å². The van der Waals surface area contributed by atoms with Crippen molar-refractivity contribution < 1.29 is 23.9 Å². The van der Waals surface area contributed by atoms with Crippen molar-refractivity contribution in [1.29, 1.82) is 0 Å². The first kappa shape index (κ1) is 23.0. The van der Waals surface area contributed by atoms with Crippen molar-refractivity contribution in [3.05, 3.63) is 23.9 Å². The van der Waals surface area contributed by atoms with E-state index in [2.05, 4.69) is 10.3 Å². The number of esters is 1. The molecule has 0 aliphatic carbocycles. The number of amides is 1. The van der Waals surface area contributed by atoms with Gasteiger partial charge in [-0.1, -0.05) is 24.8 Å². The van der Waals surface area contributed by atoms with Crippen LogP contribution >= 0.6 is 11.8 Å². The zero-order valence-corrected chi connectivity index (χ0v) is 17.5. The first-order valence-electron chi connectivity index (χ1n) is 8.79. The van der Waals surface area contributed by atoms with Gasteiger partial charge in [-0.2, -0.15) is 0 Å². The molecular formula is C19H28N2O5S. The zero-order chi connectivity index (χ0) is 20.6. The topological polar surface area (TPSA) is 94.6 Å². The molecule has 1 amide bonds. The van der Waals surface area contributed by atoms with Gasteiger partial charge in [0.15, 0.2) is 5.12 Å². The molecule has 2 atom stereocenters. The number of aromatic nitrogens is 1. The molecule has 2 unspecified atom stereocenters. The van der Waals surface area contributed by atoms with Crippen LogP contribution in [0.2, 0.25) is 0 Å². The van der Waals surface area contributed by atoms with E-state index in [4.69, 9.17) is 9.47 Å². The standard InChI is InChI=1S/C19H28N2O5S/c1-7-25-17(23)15(11-27-13(3)22)12(2)14-8-9-16(20-10-14)21-18(24)26-19(4,5)6/h8-10,12,15H,7,11H2,1-6H3,(H,20,21,24). The maximum absolute atomic E-state index is 12.3. The summed E-state index contributed by atoms with van der Waals surface area (Å²) in [7, 11) is 0. The Balaban J connectivity index is 2.84. The van der Waals surface area contributed by atoms with Gasteiger partial charge in [-0.15, -0.1) is 0 Å². The lowest BCUT2D eigenvalue weighted by Gasteiger charge is -2.22. The van der Waals surface area contributed by atoms with Gasteiger partial charge in [0.1, 0.15) is 11.4 Å². The predicted molar refractivity (Wildman–Crippen MR) is 106 cm³/mol. The third-order valence-electron chi connectivity index (χ3n) is 3.60. The molecular weight excluding hydrogens is 368 g/mol. The number of thioether (sulfide) groups is 1. The van der Waals surface area contributed by atoms with Crippen LogP contribution in [0.15, 0.2) is 18.3 Å². The zero-order valence-electron chi connectivity index (χ0n) is 16.7. The van der Waals surface area contributed by atoms with E-state index < -0.39 is 17.6 Å². The third kappa shape index (κ3) is 8.43. The Morgan fingerprint density at radius 3 is 2.41 bits per heavy atom. The maximum atomic E-state index is 12.3. The Labute approximate surface area is 164 Å². The van der Waals surface area contributed by atoms with Gasteiger partial charge in [-0.3, -0.25) is 14.9 Å². The number of hydrogen-bond donors (Lipinski definition) is 1. The third-order valence-corrected chi connectivity index (χ3v) is 4.53. The molecule has 8 heteroatoms. The molecule has 1 aromatic rings. The number of pyridine rings is 1. The van der Waals surface area contributed by atoms with Gasteiger partial charge in [0.05, 0.1) is 12.5 Å². The van der Waals surface area contributed by atoms with Crippen LogP contribution in [0.25, 0.3) is 0 Å². The molecule has 0 aliphatic rings. The van der Waals surface area contributed by atoms with E-state index in [1.165, 1.54) is 6.92 Å². The van der Waals surface area contributed by atoms with Crippen molar-refractivity contribution in [1.82, 2.24) is 4.98 Å². The molecule has 0 saturated heterocycles. The minimum absolute atomic E-state index is 0.0495. The van der Waals surface area contributed by atoms with Crippen LogP contribution in [0.3, 0.4) is 0 Å². The first-order valence-corrected chi connectivity index (χ1v) is 9.78. The van der Waals surface area contributed by atoms with Crippen LogP contribution in [0.4, 0.5) is 10.6 Å². The van der Waals surface area contributed by atoms with E-state index in [1.807, 2.05) is 6.92 Å². The lowest BCUT2D eigenvalue weighted by atomic mass is 9.90. The summed E-state index contributed by atoms with van der Waals surface area (Å²) >= 11 is 1.10. The molecule has 7 nitrogen and oxygen atoms in total. The van der Waals surface area contributed by atoms with Crippen molar-refractivity contribution >= 4 is 34.8 Å². The fourth-order valence-corrected chi connectivity index (χ4v) is 3.10. The molecule has 0 aliphatic heterocycles. The first-order chi connectivity index (χ1) is 12.5. The van der Waals surface area contributed by atoms with Crippen LogP contribution in [0.5, 0.6) is 0 Å². The second-order valence-electron chi connectivity index (χ2n) is 7.05. The molecule has 150 valence electrons. The van der Waals surface area contributed by atoms with Gasteiger partial charge in [-0.25, -0.2) is 9.78 Å². The van der Waals surface area contributed by atoms with Gasteiger partial charge in [0, 0.05) is 18.9 Å². The van der Waals surface area contributed by atoms with E-state index >= 15 is 0 Å². The summed E-state index contributed by atoms with van der Waals surface area (Å²) in [6.45, 7) is 10.7. The summed E-state index contributed by atoms with van der Waals surface area (Å²) < 4.78 is 10.3. The summed E-state index contributed by atoms with van der Waals surface area (Å²) in [5.74, 6) is -0.308. The maximum Gasteiger partial charge on any atom is 0.413 e. The van der Waals surface area contributed by atoms with Crippen LogP contribution in [0.1, 0.15) is 53.0 Å². The van der Waals surface area contributed by atoms with Crippen LogP contribution in [-0.4, -0.2) is 40.1 Å². The number of ether oxygens (including phenoxy) is 2. The Morgan fingerprint density at radius 1 is 1.26 bits per heavy atom.